The summed E-state index contributed by atoms with van der Waals surface area (Å²) in [7, 11) is 0. The van der Waals surface area contributed by atoms with E-state index in [1.165, 1.54) is 23.9 Å². The van der Waals surface area contributed by atoms with Gasteiger partial charge < -0.3 is 14.2 Å². The maximum atomic E-state index is 13.1. The quantitative estimate of drug-likeness (QED) is 0.407. The van der Waals surface area contributed by atoms with Crippen molar-refractivity contribution in [3.05, 3.63) is 65.9 Å². The van der Waals surface area contributed by atoms with Crippen LogP contribution < -0.4 is 0 Å². The number of rotatable bonds is 8. The zero-order valence-corrected chi connectivity index (χ0v) is 20.8. The molecule has 0 spiro atoms. The zero-order valence-electron chi connectivity index (χ0n) is 19.9. The van der Waals surface area contributed by atoms with Crippen LogP contribution in [0.15, 0.2) is 58.0 Å². The van der Waals surface area contributed by atoms with Crippen molar-refractivity contribution >= 4 is 23.6 Å². The SMILES string of the molecule is CCCCC(=O)N1CCN(C(=O)c2ccc(CSc3ccc(-c4ccc(F)cc4)nn3)o2)C[C@H]1C. The van der Waals surface area contributed by atoms with Crippen molar-refractivity contribution in [1.82, 2.24) is 20.0 Å². The Bertz CT molecular complexity index is 1150. The topological polar surface area (TPSA) is 79.5 Å². The second-order valence-corrected chi connectivity index (χ2v) is 9.60. The normalized spacial score (nSPS) is 15.9. The number of hydrogen-bond acceptors (Lipinski definition) is 6. The number of halogens is 1. The zero-order chi connectivity index (χ0) is 24.8. The van der Waals surface area contributed by atoms with E-state index in [1.54, 1.807) is 29.2 Å². The Morgan fingerprint density at radius 2 is 1.89 bits per heavy atom. The maximum Gasteiger partial charge on any atom is 0.289 e. The van der Waals surface area contributed by atoms with Crippen LogP contribution in [-0.2, 0) is 10.5 Å². The highest BCUT2D eigenvalue weighted by atomic mass is 32.2. The van der Waals surface area contributed by atoms with Crippen LogP contribution in [0.25, 0.3) is 11.3 Å². The lowest BCUT2D eigenvalue weighted by molar-refractivity contribution is -0.135. The summed E-state index contributed by atoms with van der Waals surface area (Å²) < 4.78 is 18.9. The number of amides is 2. The van der Waals surface area contributed by atoms with E-state index in [9.17, 15) is 14.0 Å². The van der Waals surface area contributed by atoms with Crippen molar-refractivity contribution in [2.24, 2.45) is 0 Å². The van der Waals surface area contributed by atoms with E-state index in [0.29, 0.717) is 49.0 Å². The fourth-order valence-corrected chi connectivity index (χ4v) is 4.74. The van der Waals surface area contributed by atoms with Gasteiger partial charge in [0.05, 0.1) is 11.4 Å². The van der Waals surface area contributed by atoms with Crippen molar-refractivity contribution in [2.75, 3.05) is 19.6 Å². The van der Waals surface area contributed by atoms with E-state index in [-0.39, 0.29) is 23.7 Å². The first kappa shape index (κ1) is 24.9. The second kappa shape index (κ2) is 11.5. The number of hydrogen-bond donors (Lipinski definition) is 0. The average Bonchev–Trinajstić information content (AvgIpc) is 3.35. The summed E-state index contributed by atoms with van der Waals surface area (Å²) in [6.07, 6.45) is 2.45. The smallest absolute Gasteiger partial charge is 0.289 e. The second-order valence-electron chi connectivity index (χ2n) is 8.61. The van der Waals surface area contributed by atoms with Gasteiger partial charge in [-0.3, -0.25) is 9.59 Å². The fraction of sp³-hybridized carbons (Fsp3) is 0.385. The lowest BCUT2D eigenvalue weighted by Gasteiger charge is -2.39. The Hall–Kier alpha value is -3.20. The molecule has 4 rings (SSSR count). The molecular formula is C26H29FN4O3S. The lowest BCUT2D eigenvalue weighted by atomic mass is 10.1. The van der Waals surface area contributed by atoms with E-state index in [4.69, 9.17) is 4.42 Å². The number of carbonyl (C=O) groups excluding carboxylic acids is 2. The van der Waals surface area contributed by atoms with Crippen molar-refractivity contribution in [3.8, 4) is 11.3 Å². The third-order valence-electron chi connectivity index (χ3n) is 5.99. The number of benzene rings is 1. The molecule has 0 unspecified atom stereocenters. The molecule has 0 bridgehead atoms. The van der Waals surface area contributed by atoms with E-state index >= 15 is 0 Å². The molecule has 2 amide bonds. The van der Waals surface area contributed by atoms with Crippen LogP contribution in [0.1, 0.15) is 49.4 Å². The Morgan fingerprint density at radius 1 is 1.09 bits per heavy atom. The molecule has 1 aliphatic rings. The van der Waals surface area contributed by atoms with Gasteiger partial charge in [0.2, 0.25) is 5.91 Å². The van der Waals surface area contributed by atoms with Gasteiger partial charge in [-0.2, -0.15) is 0 Å². The molecule has 7 nitrogen and oxygen atoms in total. The molecule has 2 aromatic heterocycles. The molecule has 1 atom stereocenters. The standard InChI is InChI=1S/C26H29FN4O3S/c1-3-4-5-25(32)31-15-14-30(16-18(31)2)26(33)23-12-10-21(34-23)17-35-24-13-11-22(28-29-24)19-6-8-20(27)9-7-19/h6-13,18H,3-5,14-17H2,1-2H3/t18-/m1/s1. The molecule has 0 radical (unpaired) electrons. The van der Waals surface area contributed by atoms with E-state index in [2.05, 4.69) is 17.1 Å². The van der Waals surface area contributed by atoms with Gasteiger partial charge in [0, 0.05) is 37.7 Å². The number of carbonyl (C=O) groups is 2. The first-order chi connectivity index (χ1) is 16.9. The molecule has 1 fully saturated rings. The number of aromatic nitrogens is 2. The largest absolute Gasteiger partial charge is 0.455 e. The molecular weight excluding hydrogens is 467 g/mol. The molecule has 1 aromatic carbocycles. The minimum Gasteiger partial charge on any atom is -0.455 e. The van der Waals surface area contributed by atoms with Gasteiger partial charge in [0.1, 0.15) is 16.6 Å². The van der Waals surface area contributed by atoms with Crippen molar-refractivity contribution in [1.29, 1.82) is 0 Å². The highest BCUT2D eigenvalue weighted by Crippen LogP contribution is 2.25. The maximum absolute atomic E-state index is 13.1. The molecule has 9 heteroatoms. The van der Waals surface area contributed by atoms with Gasteiger partial charge in [-0.25, -0.2) is 4.39 Å². The van der Waals surface area contributed by atoms with Crippen LogP contribution in [-0.4, -0.2) is 57.5 Å². The van der Waals surface area contributed by atoms with Gasteiger partial charge in [-0.1, -0.05) is 25.1 Å². The van der Waals surface area contributed by atoms with Crippen molar-refractivity contribution in [3.63, 3.8) is 0 Å². The van der Waals surface area contributed by atoms with Gasteiger partial charge in [-0.15, -0.1) is 10.2 Å². The van der Waals surface area contributed by atoms with Gasteiger partial charge in [-0.05, 0) is 61.9 Å². The molecule has 0 aliphatic carbocycles. The molecule has 3 aromatic rings. The van der Waals surface area contributed by atoms with Crippen LogP contribution in [0.2, 0.25) is 0 Å². The number of unbranched alkanes of at least 4 members (excludes halogenated alkanes) is 1. The van der Waals surface area contributed by atoms with Gasteiger partial charge in [0.25, 0.3) is 5.91 Å². The number of furan rings is 1. The first-order valence-electron chi connectivity index (χ1n) is 11.8. The van der Waals surface area contributed by atoms with E-state index < -0.39 is 0 Å². The Kier molecular flexibility index (Phi) is 8.17. The van der Waals surface area contributed by atoms with Gasteiger partial charge in [0.15, 0.2) is 5.76 Å². The predicted molar refractivity (Wildman–Crippen MR) is 132 cm³/mol. The monoisotopic (exact) mass is 496 g/mol. The summed E-state index contributed by atoms with van der Waals surface area (Å²) in [4.78, 5) is 29.0. The molecule has 1 saturated heterocycles. The molecule has 1 aliphatic heterocycles. The molecule has 184 valence electrons. The summed E-state index contributed by atoms with van der Waals surface area (Å²) in [5.41, 5.74) is 1.46. The summed E-state index contributed by atoms with van der Waals surface area (Å²) in [6, 6.07) is 13.3. The van der Waals surface area contributed by atoms with Gasteiger partial charge >= 0.3 is 0 Å². The Labute approximate surface area is 208 Å². The summed E-state index contributed by atoms with van der Waals surface area (Å²) in [5, 5.41) is 9.16. The third-order valence-corrected chi connectivity index (χ3v) is 6.94. The minimum atomic E-state index is -0.292. The highest BCUT2D eigenvalue weighted by molar-refractivity contribution is 7.98. The fourth-order valence-electron chi connectivity index (χ4n) is 4.03. The third kappa shape index (κ3) is 6.28. The molecule has 3 heterocycles. The van der Waals surface area contributed by atoms with Crippen LogP contribution >= 0.6 is 11.8 Å². The number of piperazine rings is 1. The lowest BCUT2D eigenvalue weighted by Crippen LogP contribution is -2.55. The predicted octanol–water partition coefficient (Wildman–Crippen LogP) is 5.03. The van der Waals surface area contributed by atoms with E-state index in [1.807, 2.05) is 24.0 Å². The van der Waals surface area contributed by atoms with Crippen LogP contribution in [0.5, 0.6) is 0 Å². The van der Waals surface area contributed by atoms with Crippen molar-refractivity contribution in [2.45, 2.75) is 49.9 Å². The van der Waals surface area contributed by atoms with Crippen LogP contribution in [0.3, 0.4) is 0 Å². The molecule has 35 heavy (non-hydrogen) atoms. The summed E-state index contributed by atoms with van der Waals surface area (Å²) in [6.45, 7) is 5.60. The molecule has 0 saturated carbocycles. The summed E-state index contributed by atoms with van der Waals surface area (Å²) in [5.74, 6) is 1.20. The number of nitrogens with zero attached hydrogens (tertiary/aromatic N) is 4. The van der Waals surface area contributed by atoms with Crippen LogP contribution in [0.4, 0.5) is 4.39 Å². The first-order valence-corrected chi connectivity index (χ1v) is 12.8. The highest BCUT2D eigenvalue weighted by Gasteiger charge is 2.30. The average molecular weight is 497 g/mol. The van der Waals surface area contributed by atoms with E-state index in [0.717, 1.165) is 23.4 Å². The Balaban J connectivity index is 1.29. The minimum absolute atomic E-state index is 0.0153. The summed E-state index contributed by atoms with van der Waals surface area (Å²) >= 11 is 1.45. The van der Waals surface area contributed by atoms with Crippen molar-refractivity contribution < 1.29 is 18.4 Å². The van der Waals surface area contributed by atoms with Crippen LogP contribution in [0, 0.1) is 5.82 Å². The molecule has 0 N–H and O–H groups in total. The number of thioether (sulfide) groups is 1. The Morgan fingerprint density at radius 3 is 2.57 bits per heavy atom.